The number of nitrogens with zero attached hydrogens (tertiary/aromatic N) is 4. The minimum absolute atomic E-state index is 0.602. The Hall–Kier alpha value is -0.410. The van der Waals surface area contributed by atoms with Gasteiger partial charge in [0.25, 0.3) is 0 Å². The van der Waals surface area contributed by atoms with Gasteiger partial charge < -0.3 is 10.2 Å². The van der Waals surface area contributed by atoms with Crippen LogP contribution in [0.2, 0.25) is 0 Å². The predicted molar refractivity (Wildman–Crippen MR) is 77.9 cm³/mol. The quantitative estimate of drug-likeness (QED) is 0.824. The minimum Gasteiger partial charge on any atom is -0.347 e. The molecule has 3 rings (SSSR count). The molecule has 0 bridgehead atoms. The van der Waals surface area contributed by atoms with E-state index in [-0.39, 0.29) is 0 Å². The van der Waals surface area contributed by atoms with Crippen LogP contribution in [0.4, 0.5) is 5.13 Å². The van der Waals surface area contributed by atoms with Crippen LogP contribution < -0.4 is 10.2 Å². The molecule has 0 atom stereocenters. The molecule has 0 amide bonds. The Morgan fingerprint density at radius 1 is 1.53 bits per heavy atom. The highest BCUT2D eigenvalue weighted by atomic mass is 127. The van der Waals surface area contributed by atoms with Crippen LogP contribution in [0.25, 0.3) is 4.96 Å². The van der Waals surface area contributed by atoms with Crippen molar-refractivity contribution in [3.8, 4) is 0 Å². The second-order valence-corrected chi connectivity index (χ2v) is 6.29. The van der Waals surface area contributed by atoms with E-state index in [1.807, 2.05) is 10.7 Å². The van der Waals surface area contributed by atoms with Crippen LogP contribution in [-0.2, 0) is 0 Å². The highest BCUT2D eigenvalue weighted by molar-refractivity contribution is 14.1. The number of fused-ring (bicyclic) bond motifs is 1. The molecule has 2 aromatic rings. The fourth-order valence-electron chi connectivity index (χ4n) is 2.15. The molecule has 0 saturated carbocycles. The fourth-order valence-corrected chi connectivity index (χ4v) is 3.70. The van der Waals surface area contributed by atoms with E-state index in [1.54, 1.807) is 11.3 Å². The molecule has 7 heteroatoms. The Labute approximate surface area is 117 Å². The summed E-state index contributed by atoms with van der Waals surface area (Å²) in [5.41, 5.74) is 0. The first-order chi connectivity index (χ1) is 8.25. The highest BCUT2D eigenvalue weighted by Crippen LogP contribution is 2.26. The van der Waals surface area contributed by atoms with Gasteiger partial charge in [0.05, 0.1) is 6.20 Å². The molecule has 5 nitrogen and oxygen atoms in total. The lowest BCUT2D eigenvalue weighted by molar-refractivity contribution is 0.442. The van der Waals surface area contributed by atoms with Gasteiger partial charge in [0.1, 0.15) is 3.70 Å². The molecule has 1 N–H and O–H groups in total. The third-order valence-corrected chi connectivity index (χ3v) is 4.94. The number of hydrogen-bond donors (Lipinski definition) is 1. The summed E-state index contributed by atoms with van der Waals surface area (Å²) in [6, 6.07) is 0.602. The fraction of sp³-hybridized carbons (Fsp3) is 0.600. The number of anilines is 1. The van der Waals surface area contributed by atoms with Crippen molar-refractivity contribution in [3.63, 3.8) is 0 Å². The van der Waals surface area contributed by atoms with E-state index in [0.29, 0.717) is 6.04 Å². The zero-order chi connectivity index (χ0) is 11.8. The summed E-state index contributed by atoms with van der Waals surface area (Å²) in [5.74, 6) is 0. The van der Waals surface area contributed by atoms with Crippen molar-refractivity contribution >= 4 is 44.0 Å². The molecule has 1 saturated heterocycles. The lowest BCUT2D eigenvalue weighted by Gasteiger charge is -2.30. The van der Waals surface area contributed by atoms with E-state index < -0.39 is 0 Å². The lowest BCUT2D eigenvalue weighted by atomic mass is 10.1. The Balaban J connectivity index is 1.86. The van der Waals surface area contributed by atoms with E-state index in [2.05, 4.69) is 49.9 Å². The predicted octanol–water partition coefficient (Wildman–Crippen LogP) is 1.58. The zero-order valence-electron chi connectivity index (χ0n) is 9.56. The van der Waals surface area contributed by atoms with Crippen LogP contribution in [0.15, 0.2) is 6.20 Å². The van der Waals surface area contributed by atoms with Gasteiger partial charge in [-0.15, -0.1) is 5.10 Å². The molecule has 3 heterocycles. The zero-order valence-corrected chi connectivity index (χ0v) is 12.5. The maximum Gasteiger partial charge on any atom is 0.214 e. The van der Waals surface area contributed by atoms with Crippen molar-refractivity contribution in [3.05, 3.63) is 9.90 Å². The van der Waals surface area contributed by atoms with Gasteiger partial charge in [0, 0.05) is 13.1 Å². The number of piperidine rings is 1. The van der Waals surface area contributed by atoms with Gasteiger partial charge in [-0.1, -0.05) is 11.3 Å². The summed E-state index contributed by atoms with van der Waals surface area (Å²) < 4.78 is 2.98. The first kappa shape index (κ1) is 11.7. The summed E-state index contributed by atoms with van der Waals surface area (Å²) in [6.45, 7) is 2.21. The second kappa shape index (κ2) is 4.69. The molecule has 0 radical (unpaired) electrons. The number of aromatic nitrogens is 3. The van der Waals surface area contributed by atoms with Gasteiger partial charge >= 0.3 is 0 Å². The summed E-state index contributed by atoms with van der Waals surface area (Å²) in [6.07, 6.45) is 4.23. The second-order valence-electron chi connectivity index (χ2n) is 4.25. The van der Waals surface area contributed by atoms with Crippen LogP contribution in [0.5, 0.6) is 0 Å². The Bertz CT molecular complexity index is 516. The van der Waals surface area contributed by atoms with Crippen LogP contribution in [0.3, 0.4) is 0 Å². The SMILES string of the molecule is CN(c1nn2c(I)cnc2s1)C1CCNCC1. The molecule has 0 unspecified atom stereocenters. The Kier molecular flexibility index (Phi) is 3.22. The standard InChI is InChI=1S/C10H14IN5S/c1-15(7-2-4-12-5-3-7)10-14-16-8(11)6-13-9(16)17-10/h6-7,12H,2-5H2,1H3. The van der Waals surface area contributed by atoms with E-state index in [4.69, 9.17) is 0 Å². The van der Waals surface area contributed by atoms with Crippen molar-refractivity contribution in [2.75, 3.05) is 25.0 Å². The van der Waals surface area contributed by atoms with Crippen molar-refractivity contribution in [2.24, 2.45) is 0 Å². The van der Waals surface area contributed by atoms with Crippen LogP contribution in [0.1, 0.15) is 12.8 Å². The third-order valence-electron chi connectivity index (χ3n) is 3.19. The minimum atomic E-state index is 0.602. The summed E-state index contributed by atoms with van der Waals surface area (Å²) in [7, 11) is 2.14. The molecule has 1 fully saturated rings. The van der Waals surface area contributed by atoms with Gasteiger partial charge in [-0.05, 0) is 48.5 Å². The van der Waals surface area contributed by atoms with E-state index >= 15 is 0 Å². The van der Waals surface area contributed by atoms with Gasteiger partial charge in [0.15, 0.2) is 0 Å². The number of imidazole rings is 1. The number of halogens is 1. The molecular formula is C10H14IN5S. The normalized spacial score (nSPS) is 17.8. The number of hydrogen-bond acceptors (Lipinski definition) is 5. The van der Waals surface area contributed by atoms with Crippen LogP contribution in [-0.4, -0.2) is 40.8 Å². The first-order valence-electron chi connectivity index (χ1n) is 5.69. The van der Waals surface area contributed by atoms with Gasteiger partial charge in [0.2, 0.25) is 10.1 Å². The average Bonchev–Trinajstić information content (AvgIpc) is 2.92. The molecule has 1 aliphatic heterocycles. The smallest absolute Gasteiger partial charge is 0.214 e. The van der Waals surface area contributed by atoms with Gasteiger partial charge in [-0.3, -0.25) is 0 Å². The Morgan fingerprint density at radius 3 is 3.00 bits per heavy atom. The van der Waals surface area contributed by atoms with E-state index in [1.165, 1.54) is 12.8 Å². The third kappa shape index (κ3) is 2.15. The maximum atomic E-state index is 4.62. The molecule has 1 aliphatic rings. The lowest BCUT2D eigenvalue weighted by Crippen LogP contribution is -2.41. The first-order valence-corrected chi connectivity index (χ1v) is 7.59. The molecule has 0 aliphatic carbocycles. The molecule has 17 heavy (non-hydrogen) atoms. The topological polar surface area (TPSA) is 45.5 Å². The van der Waals surface area contributed by atoms with Crippen molar-refractivity contribution in [2.45, 2.75) is 18.9 Å². The van der Waals surface area contributed by atoms with Gasteiger partial charge in [-0.25, -0.2) is 4.98 Å². The van der Waals surface area contributed by atoms with Crippen molar-refractivity contribution in [1.82, 2.24) is 19.9 Å². The van der Waals surface area contributed by atoms with E-state index in [0.717, 1.165) is 26.9 Å². The number of nitrogens with one attached hydrogen (secondary N) is 1. The summed E-state index contributed by atoms with van der Waals surface area (Å²) >= 11 is 3.92. The largest absolute Gasteiger partial charge is 0.347 e. The summed E-state index contributed by atoms with van der Waals surface area (Å²) in [5, 5.41) is 9.07. The maximum absolute atomic E-state index is 4.62. The molecule has 92 valence electrons. The monoisotopic (exact) mass is 363 g/mol. The molecular weight excluding hydrogens is 349 g/mol. The summed E-state index contributed by atoms with van der Waals surface area (Å²) in [4.78, 5) is 7.62. The highest BCUT2D eigenvalue weighted by Gasteiger charge is 2.21. The molecule has 0 spiro atoms. The van der Waals surface area contributed by atoms with Crippen LogP contribution >= 0.6 is 33.9 Å². The molecule has 2 aromatic heterocycles. The van der Waals surface area contributed by atoms with E-state index in [9.17, 15) is 0 Å². The van der Waals surface area contributed by atoms with Gasteiger partial charge in [-0.2, -0.15) is 4.52 Å². The van der Waals surface area contributed by atoms with Crippen molar-refractivity contribution in [1.29, 1.82) is 0 Å². The van der Waals surface area contributed by atoms with Crippen LogP contribution in [0, 0.1) is 3.70 Å². The molecule has 0 aromatic carbocycles. The van der Waals surface area contributed by atoms with Crippen molar-refractivity contribution < 1.29 is 0 Å². The average molecular weight is 363 g/mol. The Morgan fingerprint density at radius 2 is 2.29 bits per heavy atom. The number of rotatable bonds is 2.